The Kier molecular flexibility index (Phi) is 6.49. The van der Waals surface area contributed by atoms with Crippen LogP contribution in [-0.4, -0.2) is 40.3 Å². The Labute approximate surface area is 225 Å². The Morgan fingerprint density at radius 1 is 0.868 bits per heavy atom. The van der Waals surface area contributed by atoms with Gasteiger partial charge in [-0.3, -0.25) is 14.3 Å². The van der Waals surface area contributed by atoms with E-state index in [4.69, 9.17) is 5.73 Å². The lowest BCUT2D eigenvalue weighted by molar-refractivity contribution is -0.534. The molecule has 1 saturated carbocycles. The number of carbonyl (C=O) groups excluding carboxylic acids is 1. The number of fused-ring (bicyclic) bond motifs is 1. The van der Waals surface area contributed by atoms with E-state index in [0.29, 0.717) is 6.04 Å². The van der Waals surface area contributed by atoms with Gasteiger partial charge >= 0.3 is 0 Å². The van der Waals surface area contributed by atoms with Gasteiger partial charge in [-0.2, -0.15) is 0 Å². The fourth-order valence-corrected chi connectivity index (χ4v) is 7.17. The van der Waals surface area contributed by atoms with E-state index in [0.717, 1.165) is 50.0 Å². The third kappa shape index (κ3) is 4.09. The Balaban J connectivity index is 1.29. The van der Waals surface area contributed by atoms with Crippen molar-refractivity contribution in [1.82, 2.24) is 4.90 Å². The molecule has 0 spiro atoms. The van der Waals surface area contributed by atoms with E-state index in [1.165, 1.54) is 22.2 Å². The van der Waals surface area contributed by atoms with Crippen molar-refractivity contribution in [3.05, 3.63) is 120 Å². The minimum absolute atomic E-state index is 0.148. The molecule has 6 rings (SSSR count). The molecule has 4 heteroatoms. The Bertz CT molecular complexity index is 1430. The second-order valence-electron chi connectivity index (χ2n) is 10.9. The lowest BCUT2D eigenvalue weighted by Gasteiger charge is -2.37. The molecule has 2 N–H and O–H groups in total. The average molecular weight is 503 g/mol. The summed E-state index contributed by atoms with van der Waals surface area (Å²) >= 11 is 0. The highest BCUT2D eigenvalue weighted by atomic mass is 16.1. The molecule has 1 heterocycles. The summed E-state index contributed by atoms with van der Waals surface area (Å²) in [4.78, 5) is 16.0. The molecule has 38 heavy (non-hydrogen) atoms. The lowest BCUT2D eigenvalue weighted by Crippen LogP contribution is -2.48. The molecule has 192 valence electrons. The van der Waals surface area contributed by atoms with Crippen molar-refractivity contribution in [3.8, 4) is 0 Å². The molecule has 1 amide bonds. The molecule has 2 atom stereocenters. The molecule has 4 aromatic carbocycles. The summed E-state index contributed by atoms with van der Waals surface area (Å²) < 4.78 is 2.52. The highest BCUT2D eigenvalue weighted by Gasteiger charge is 2.52. The molecule has 1 aliphatic carbocycles. The minimum atomic E-state index is -0.826. The van der Waals surface area contributed by atoms with E-state index in [9.17, 15) is 4.79 Å². The van der Waals surface area contributed by atoms with Gasteiger partial charge in [0.05, 0.1) is 6.04 Å². The first-order chi connectivity index (χ1) is 18.6. The zero-order valence-electron chi connectivity index (χ0n) is 22.1. The molecule has 0 bridgehead atoms. The third-order valence-corrected chi connectivity index (χ3v) is 9.03. The lowest BCUT2D eigenvalue weighted by atomic mass is 9.64. The van der Waals surface area contributed by atoms with Gasteiger partial charge in [0.2, 0.25) is 11.7 Å². The number of benzene rings is 4. The van der Waals surface area contributed by atoms with E-state index in [1.54, 1.807) is 0 Å². The summed E-state index contributed by atoms with van der Waals surface area (Å²) in [5, 5.41) is 2.63. The fourth-order valence-electron chi connectivity index (χ4n) is 7.17. The van der Waals surface area contributed by atoms with E-state index in [-0.39, 0.29) is 11.8 Å². The van der Waals surface area contributed by atoms with E-state index < -0.39 is 5.41 Å². The van der Waals surface area contributed by atoms with Crippen LogP contribution in [0.4, 0.5) is 0 Å². The third-order valence-electron chi connectivity index (χ3n) is 9.03. The number of primary amides is 1. The first-order valence-electron chi connectivity index (χ1n) is 13.8. The van der Waals surface area contributed by atoms with E-state index in [2.05, 4.69) is 83.1 Å². The number of rotatable bonds is 7. The number of nitrogens with zero attached hydrogens (tertiary/aromatic N) is 2. The molecule has 2 aliphatic rings. The summed E-state index contributed by atoms with van der Waals surface area (Å²) in [7, 11) is 0. The summed E-state index contributed by atoms with van der Waals surface area (Å²) in [5.41, 5.74) is 8.88. The average Bonchev–Trinajstić information content (AvgIpc) is 3.57. The van der Waals surface area contributed by atoms with E-state index >= 15 is 0 Å². The first-order valence-corrected chi connectivity index (χ1v) is 13.8. The smallest absolute Gasteiger partial charge is 0.244 e. The number of amides is 1. The van der Waals surface area contributed by atoms with Crippen molar-refractivity contribution < 1.29 is 9.37 Å². The van der Waals surface area contributed by atoms with Crippen molar-refractivity contribution in [3.63, 3.8) is 0 Å². The van der Waals surface area contributed by atoms with Crippen LogP contribution in [0.25, 0.3) is 10.8 Å². The van der Waals surface area contributed by atoms with Crippen molar-refractivity contribution in [2.45, 2.75) is 44.2 Å². The normalized spacial score (nSPS) is 19.9. The number of hydrogen-bond donors (Lipinski definition) is 1. The van der Waals surface area contributed by atoms with Crippen molar-refractivity contribution >= 4 is 22.5 Å². The highest BCUT2D eigenvalue weighted by molar-refractivity contribution is 5.91. The van der Waals surface area contributed by atoms with Gasteiger partial charge in [0.15, 0.2) is 0 Å². The molecular formula is C34H36N3O+. The van der Waals surface area contributed by atoms with Crippen LogP contribution in [-0.2, 0) is 16.8 Å². The number of nitrogens with two attached hydrogens (primary N) is 1. The monoisotopic (exact) mass is 502 g/mol. The molecule has 4 aromatic rings. The van der Waals surface area contributed by atoms with Crippen LogP contribution >= 0.6 is 0 Å². The molecule has 0 aromatic heterocycles. The van der Waals surface area contributed by atoms with Gasteiger partial charge in [-0.25, -0.2) is 0 Å². The first kappa shape index (κ1) is 24.4. The predicted octanol–water partition coefficient (Wildman–Crippen LogP) is 5.73. The maximum absolute atomic E-state index is 13.5. The van der Waals surface area contributed by atoms with Gasteiger partial charge < -0.3 is 5.73 Å². The molecule has 0 radical (unpaired) electrons. The molecular weight excluding hydrogens is 466 g/mol. The molecule has 0 unspecified atom stereocenters. The second kappa shape index (κ2) is 10.1. The van der Waals surface area contributed by atoms with Crippen LogP contribution in [0.1, 0.15) is 42.9 Å². The SMILES string of the molecule is CC1=[N+](Cc2cccc3ccccc23)CCN1[C@H]1CC[C@@H](C(C(N)=O)(c2ccccc2)c2ccccc2)C1. The largest absolute Gasteiger partial charge is 0.369 e. The summed E-state index contributed by atoms with van der Waals surface area (Å²) in [6.45, 7) is 5.23. The zero-order chi connectivity index (χ0) is 26.1. The predicted molar refractivity (Wildman–Crippen MR) is 154 cm³/mol. The van der Waals surface area contributed by atoms with Gasteiger partial charge in [-0.1, -0.05) is 103 Å². The Morgan fingerprint density at radius 2 is 1.50 bits per heavy atom. The van der Waals surface area contributed by atoms with Crippen LogP contribution in [0.2, 0.25) is 0 Å². The van der Waals surface area contributed by atoms with Gasteiger partial charge in [-0.05, 0) is 47.1 Å². The van der Waals surface area contributed by atoms with Crippen LogP contribution in [0, 0.1) is 5.92 Å². The topological polar surface area (TPSA) is 49.3 Å². The van der Waals surface area contributed by atoms with Crippen molar-refractivity contribution in [1.29, 1.82) is 0 Å². The Hall–Kier alpha value is -3.92. The van der Waals surface area contributed by atoms with Gasteiger partial charge in [-0.15, -0.1) is 0 Å². The second-order valence-corrected chi connectivity index (χ2v) is 10.9. The number of hydrogen-bond acceptors (Lipinski definition) is 2. The number of carbonyl (C=O) groups is 1. The molecule has 4 nitrogen and oxygen atoms in total. The summed E-state index contributed by atoms with van der Waals surface area (Å²) in [6, 6.07) is 36.0. The summed E-state index contributed by atoms with van der Waals surface area (Å²) in [6.07, 6.45) is 3.00. The van der Waals surface area contributed by atoms with Crippen LogP contribution in [0.15, 0.2) is 103 Å². The standard InChI is InChI=1S/C34H35N3O/c1-25-36(24-27-13-10-12-26-11-8-9-18-32(26)27)21-22-37(25)31-20-19-30(23-31)34(33(35)38,28-14-4-2-5-15-28)29-16-6-3-7-17-29/h2-18,30-31H,19-24H2,1H3,(H-,35,38)/p+1/t30-,31+/m1/s1. The van der Waals surface area contributed by atoms with Gasteiger partial charge in [0.25, 0.3) is 0 Å². The van der Waals surface area contributed by atoms with Crippen molar-refractivity contribution in [2.24, 2.45) is 11.7 Å². The number of amidine groups is 1. The molecule has 1 aliphatic heterocycles. The maximum Gasteiger partial charge on any atom is 0.244 e. The molecule has 0 saturated heterocycles. The van der Waals surface area contributed by atoms with Gasteiger partial charge in [0, 0.05) is 12.5 Å². The Morgan fingerprint density at radius 3 is 2.18 bits per heavy atom. The minimum Gasteiger partial charge on any atom is -0.369 e. The van der Waals surface area contributed by atoms with Crippen molar-refractivity contribution in [2.75, 3.05) is 13.1 Å². The quantitative estimate of drug-likeness (QED) is 0.328. The molecule has 1 fully saturated rings. The van der Waals surface area contributed by atoms with E-state index in [1.807, 2.05) is 36.4 Å². The zero-order valence-corrected chi connectivity index (χ0v) is 22.1. The van der Waals surface area contributed by atoms with Gasteiger partial charge in [0.1, 0.15) is 25.0 Å². The van der Waals surface area contributed by atoms with Crippen LogP contribution in [0.3, 0.4) is 0 Å². The maximum atomic E-state index is 13.5. The highest BCUT2D eigenvalue weighted by Crippen LogP contribution is 2.48. The summed E-state index contributed by atoms with van der Waals surface area (Å²) in [5.74, 6) is 1.24. The van der Waals surface area contributed by atoms with Crippen LogP contribution < -0.4 is 5.73 Å². The fraction of sp³-hybridized carbons (Fsp3) is 0.294. The van der Waals surface area contributed by atoms with Crippen LogP contribution in [0.5, 0.6) is 0 Å².